The van der Waals surface area contributed by atoms with Crippen molar-refractivity contribution in [2.75, 3.05) is 18.2 Å². The molecule has 1 aromatic heterocycles. The first-order valence-electron chi connectivity index (χ1n) is 8.39. The summed E-state index contributed by atoms with van der Waals surface area (Å²) in [5.41, 5.74) is 2.95. The van der Waals surface area contributed by atoms with Crippen LogP contribution >= 0.6 is 11.8 Å². The molecule has 0 aliphatic carbocycles. The van der Waals surface area contributed by atoms with Gasteiger partial charge in [0.05, 0.1) is 18.6 Å². The van der Waals surface area contributed by atoms with E-state index in [9.17, 15) is 4.79 Å². The molecule has 0 aliphatic heterocycles. The van der Waals surface area contributed by atoms with Gasteiger partial charge in [-0.1, -0.05) is 43.0 Å². The second kappa shape index (κ2) is 8.58. The number of carbonyl (C=O) groups is 1. The standard InChI is InChI=1S/C20H21N3O2S/c1-3-15-8-10-16(11-9-15)22-19(24)14-26-20-21-12-13-23(20)17-6-4-5-7-18(17)25-2/h4-13H,3,14H2,1-2H3,(H,22,24). The molecule has 5 nitrogen and oxygen atoms in total. The van der Waals surface area contributed by atoms with Gasteiger partial charge in [0.25, 0.3) is 0 Å². The Balaban J connectivity index is 1.65. The number of thioether (sulfide) groups is 1. The Morgan fingerprint density at radius 1 is 1.19 bits per heavy atom. The van der Waals surface area contributed by atoms with E-state index < -0.39 is 0 Å². The first kappa shape index (κ1) is 18.1. The lowest BCUT2D eigenvalue weighted by molar-refractivity contribution is -0.113. The molecule has 1 heterocycles. The summed E-state index contributed by atoms with van der Waals surface area (Å²) in [6.45, 7) is 2.11. The molecule has 1 N–H and O–H groups in total. The number of nitrogens with zero attached hydrogens (tertiary/aromatic N) is 2. The molecule has 0 spiro atoms. The van der Waals surface area contributed by atoms with Gasteiger partial charge in [0.2, 0.25) is 5.91 Å². The molecule has 0 unspecified atom stereocenters. The van der Waals surface area contributed by atoms with Crippen molar-refractivity contribution < 1.29 is 9.53 Å². The molecule has 3 aromatic rings. The monoisotopic (exact) mass is 367 g/mol. The molecule has 0 saturated heterocycles. The number of imidazole rings is 1. The fourth-order valence-corrected chi connectivity index (χ4v) is 3.33. The lowest BCUT2D eigenvalue weighted by Gasteiger charge is -2.11. The molecule has 3 rings (SSSR count). The molecule has 134 valence electrons. The molecule has 0 bridgehead atoms. The molecular weight excluding hydrogens is 346 g/mol. The number of hydrogen-bond acceptors (Lipinski definition) is 4. The highest BCUT2D eigenvalue weighted by Gasteiger charge is 2.12. The van der Waals surface area contributed by atoms with Crippen molar-refractivity contribution in [2.45, 2.75) is 18.5 Å². The summed E-state index contributed by atoms with van der Waals surface area (Å²) in [6, 6.07) is 15.6. The van der Waals surface area contributed by atoms with Gasteiger partial charge in [-0.2, -0.15) is 0 Å². The minimum Gasteiger partial charge on any atom is -0.495 e. The van der Waals surface area contributed by atoms with E-state index >= 15 is 0 Å². The number of hydrogen-bond donors (Lipinski definition) is 1. The number of rotatable bonds is 7. The van der Waals surface area contributed by atoms with Gasteiger partial charge in [-0.25, -0.2) is 4.98 Å². The molecule has 6 heteroatoms. The third-order valence-electron chi connectivity index (χ3n) is 3.93. The Hall–Kier alpha value is -2.73. The molecule has 0 saturated carbocycles. The van der Waals surface area contributed by atoms with Gasteiger partial charge in [0.1, 0.15) is 5.75 Å². The fraction of sp³-hybridized carbons (Fsp3) is 0.200. The predicted octanol–water partition coefficient (Wildman–Crippen LogP) is 4.17. The number of carbonyl (C=O) groups excluding carboxylic acids is 1. The number of aromatic nitrogens is 2. The zero-order valence-electron chi connectivity index (χ0n) is 14.8. The Morgan fingerprint density at radius 3 is 2.69 bits per heavy atom. The normalized spacial score (nSPS) is 10.5. The van der Waals surface area contributed by atoms with Gasteiger partial charge < -0.3 is 10.1 Å². The maximum Gasteiger partial charge on any atom is 0.234 e. The fourth-order valence-electron chi connectivity index (χ4n) is 2.56. The maximum atomic E-state index is 12.2. The summed E-state index contributed by atoms with van der Waals surface area (Å²) >= 11 is 1.39. The molecule has 2 aromatic carbocycles. The van der Waals surface area contributed by atoms with E-state index in [-0.39, 0.29) is 11.7 Å². The average Bonchev–Trinajstić information content (AvgIpc) is 3.15. The molecule has 26 heavy (non-hydrogen) atoms. The predicted molar refractivity (Wildman–Crippen MR) is 105 cm³/mol. The van der Waals surface area contributed by atoms with Gasteiger partial charge in [-0.15, -0.1) is 0 Å². The van der Waals surface area contributed by atoms with E-state index in [1.807, 2.05) is 59.3 Å². The van der Waals surface area contributed by atoms with Gasteiger partial charge in [0, 0.05) is 18.1 Å². The van der Waals surface area contributed by atoms with Crippen LogP contribution in [0.1, 0.15) is 12.5 Å². The van der Waals surface area contributed by atoms with Crippen LogP contribution in [0.4, 0.5) is 5.69 Å². The molecule has 0 aliphatic rings. The number of benzene rings is 2. The van der Waals surface area contributed by atoms with Crippen molar-refractivity contribution in [1.82, 2.24) is 9.55 Å². The zero-order chi connectivity index (χ0) is 18.4. The first-order valence-corrected chi connectivity index (χ1v) is 9.38. The van der Waals surface area contributed by atoms with Gasteiger partial charge in [-0.05, 0) is 36.2 Å². The van der Waals surface area contributed by atoms with Crippen LogP contribution in [0.15, 0.2) is 66.1 Å². The number of aryl methyl sites for hydroxylation is 1. The van der Waals surface area contributed by atoms with Crippen LogP contribution in [0, 0.1) is 0 Å². The van der Waals surface area contributed by atoms with Crippen LogP contribution in [0.3, 0.4) is 0 Å². The quantitative estimate of drug-likeness (QED) is 0.637. The highest BCUT2D eigenvalue weighted by atomic mass is 32.2. The number of para-hydroxylation sites is 2. The van der Waals surface area contributed by atoms with Gasteiger partial charge in [-0.3, -0.25) is 9.36 Å². The van der Waals surface area contributed by atoms with Crippen molar-refractivity contribution >= 4 is 23.4 Å². The van der Waals surface area contributed by atoms with E-state index in [1.165, 1.54) is 17.3 Å². The van der Waals surface area contributed by atoms with Crippen molar-refractivity contribution in [3.8, 4) is 11.4 Å². The van der Waals surface area contributed by atoms with E-state index in [0.29, 0.717) is 0 Å². The van der Waals surface area contributed by atoms with E-state index in [1.54, 1.807) is 13.3 Å². The highest BCUT2D eigenvalue weighted by molar-refractivity contribution is 7.99. The number of amides is 1. The molecular formula is C20H21N3O2S. The summed E-state index contributed by atoms with van der Waals surface area (Å²) in [5, 5.41) is 3.66. The van der Waals surface area contributed by atoms with Crippen LogP contribution in [0.5, 0.6) is 5.75 Å². The number of anilines is 1. The van der Waals surface area contributed by atoms with Crippen LogP contribution in [0.25, 0.3) is 5.69 Å². The van der Waals surface area contributed by atoms with Crippen molar-refractivity contribution in [2.24, 2.45) is 0 Å². The van der Waals surface area contributed by atoms with Crippen LogP contribution in [0.2, 0.25) is 0 Å². The van der Waals surface area contributed by atoms with E-state index in [2.05, 4.69) is 17.2 Å². The smallest absolute Gasteiger partial charge is 0.234 e. The summed E-state index contributed by atoms with van der Waals surface area (Å²) in [7, 11) is 1.64. The zero-order valence-corrected chi connectivity index (χ0v) is 15.6. The Kier molecular flexibility index (Phi) is 5.96. The second-order valence-electron chi connectivity index (χ2n) is 5.64. The Labute approximate surface area is 157 Å². The second-order valence-corrected chi connectivity index (χ2v) is 6.58. The summed E-state index contributed by atoms with van der Waals surface area (Å²) in [4.78, 5) is 16.6. The number of nitrogens with one attached hydrogen (secondary N) is 1. The maximum absolute atomic E-state index is 12.2. The lowest BCUT2D eigenvalue weighted by atomic mass is 10.1. The highest BCUT2D eigenvalue weighted by Crippen LogP contribution is 2.27. The molecule has 0 fully saturated rings. The number of ether oxygens (including phenoxy) is 1. The summed E-state index contributed by atoms with van der Waals surface area (Å²) in [6.07, 6.45) is 4.56. The largest absolute Gasteiger partial charge is 0.495 e. The van der Waals surface area contributed by atoms with E-state index in [4.69, 9.17) is 4.74 Å². The topological polar surface area (TPSA) is 56.2 Å². The molecule has 0 atom stereocenters. The van der Waals surface area contributed by atoms with Crippen LogP contribution in [-0.4, -0.2) is 28.3 Å². The Bertz CT molecular complexity index is 875. The van der Waals surface area contributed by atoms with Gasteiger partial charge in [0.15, 0.2) is 5.16 Å². The van der Waals surface area contributed by atoms with Crippen LogP contribution < -0.4 is 10.1 Å². The van der Waals surface area contributed by atoms with E-state index in [0.717, 1.165) is 28.7 Å². The Morgan fingerprint density at radius 2 is 1.96 bits per heavy atom. The van der Waals surface area contributed by atoms with Crippen molar-refractivity contribution in [3.05, 3.63) is 66.5 Å². The van der Waals surface area contributed by atoms with Gasteiger partial charge >= 0.3 is 0 Å². The van der Waals surface area contributed by atoms with Crippen LogP contribution in [-0.2, 0) is 11.2 Å². The first-order chi connectivity index (χ1) is 12.7. The molecule has 0 radical (unpaired) electrons. The minimum atomic E-state index is -0.0613. The minimum absolute atomic E-state index is 0.0613. The van der Waals surface area contributed by atoms with Crippen molar-refractivity contribution in [3.63, 3.8) is 0 Å². The summed E-state index contributed by atoms with van der Waals surface area (Å²) < 4.78 is 7.33. The third-order valence-corrected chi connectivity index (χ3v) is 4.90. The SMILES string of the molecule is CCc1ccc(NC(=O)CSc2nccn2-c2ccccc2OC)cc1. The summed E-state index contributed by atoms with van der Waals surface area (Å²) in [5.74, 6) is 0.975. The lowest BCUT2D eigenvalue weighted by Crippen LogP contribution is -2.14. The molecule has 1 amide bonds. The third kappa shape index (κ3) is 4.26. The van der Waals surface area contributed by atoms with Crippen molar-refractivity contribution in [1.29, 1.82) is 0 Å². The number of methoxy groups -OCH3 is 1. The average molecular weight is 367 g/mol.